The first-order valence-electron chi connectivity index (χ1n) is 5.81. The van der Waals surface area contributed by atoms with Gasteiger partial charge >= 0.3 is 42.5 Å². The Labute approximate surface area is 139 Å². The van der Waals surface area contributed by atoms with E-state index < -0.39 is 53.7 Å². The van der Waals surface area contributed by atoms with Crippen molar-refractivity contribution in [3.05, 3.63) is 0 Å². The monoisotopic (exact) mass is 466 g/mol. The van der Waals surface area contributed by atoms with E-state index in [1.54, 1.807) is 0 Å². The van der Waals surface area contributed by atoms with Crippen LogP contribution < -0.4 is 0 Å². The van der Waals surface area contributed by atoms with Gasteiger partial charge in [-0.1, -0.05) is 0 Å². The van der Waals surface area contributed by atoms with E-state index in [4.69, 9.17) is 0 Å². The summed E-state index contributed by atoms with van der Waals surface area (Å²) in [5, 5.41) is 0. The molecule has 0 N–H and O–H groups in total. The highest BCUT2D eigenvalue weighted by molar-refractivity contribution is 5.39. The van der Waals surface area contributed by atoms with Crippen LogP contribution in [0.25, 0.3) is 0 Å². The Hall–Kier alpha value is -1.30. The van der Waals surface area contributed by atoms with Crippen molar-refractivity contribution in [3.8, 4) is 0 Å². The molecule has 0 saturated carbocycles. The number of hydrogen-bond acceptors (Lipinski definition) is 1. The number of ether oxygens (including phenoxy) is 1. The second kappa shape index (κ2) is 5.44. The summed E-state index contributed by atoms with van der Waals surface area (Å²) < 4.78 is 231. The Morgan fingerprint density at radius 3 is 0.821 bits per heavy atom. The summed E-state index contributed by atoms with van der Waals surface area (Å²) in [7, 11) is 0. The van der Waals surface area contributed by atoms with Crippen molar-refractivity contribution in [1.29, 1.82) is 0 Å². The van der Waals surface area contributed by atoms with Crippen molar-refractivity contribution in [2.45, 2.75) is 53.7 Å². The highest BCUT2D eigenvalue weighted by atomic mass is 19.4. The minimum absolute atomic E-state index is 1.90. The van der Waals surface area contributed by atoms with Gasteiger partial charge in [0, 0.05) is 0 Å². The second-order valence-electron chi connectivity index (χ2n) is 5.19. The van der Waals surface area contributed by atoms with Crippen molar-refractivity contribution < 1.29 is 83.8 Å². The maximum absolute atomic E-state index is 13.9. The quantitative estimate of drug-likeness (QED) is 0.379. The number of hydrogen-bond donors (Lipinski definition) is 0. The summed E-state index contributed by atoms with van der Waals surface area (Å²) in [6.07, 6.45) is -40.0. The Bertz CT molecular complexity index is 583. The average molecular weight is 466 g/mol. The first-order chi connectivity index (χ1) is 11.7. The standard InChI is InChI=1S/C9F18O/c10-1(5(13,14)15,6(16,17)18)2(4(11,12)9(25,26)27)3(28-2,7(19,20)21)8(22,23)24. The zero-order valence-corrected chi connectivity index (χ0v) is 11.7. The van der Waals surface area contributed by atoms with Gasteiger partial charge in [0.1, 0.15) is 0 Å². The largest absolute Gasteiger partial charge is 0.456 e. The molecule has 0 aromatic rings. The number of halogens is 18. The molecule has 19 heteroatoms. The van der Waals surface area contributed by atoms with E-state index in [1.165, 1.54) is 0 Å². The molecule has 28 heavy (non-hydrogen) atoms. The van der Waals surface area contributed by atoms with Gasteiger partial charge in [-0.3, -0.25) is 0 Å². The summed E-state index contributed by atoms with van der Waals surface area (Å²) in [6, 6.07) is 0. The molecule has 1 heterocycles. The lowest BCUT2D eigenvalue weighted by atomic mass is 9.72. The lowest BCUT2D eigenvalue weighted by molar-refractivity contribution is -0.409. The smallest absolute Gasteiger partial charge is 0.334 e. The Morgan fingerprint density at radius 1 is 0.393 bits per heavy atom. The van der Waals surface area contributed by atoms with Gasteiger partial charge < -0.3 is 4.74 Å². The molecule has 0 radical (unpaired) electrons. The first kappa shape index (κ1) is 24.7. The van der Waals surface area contributed by atoms with Crippen LogP contribution in [0, 0.1) is 0 Å². The van der Waals surface area contributed by atoms with Crippen LogP contribution in [-0.4, -0.2) is 53.7 Å². The molecule has 1 nitrogen and oxygen atoms in total. The number of rotatable bonds is 2. The fourth-order valence-electron chi connectivity index (χ4n) is 2.45. The fourth-order valence-corrected chi connectivity index (χ4v) is 2.45. The highest BCUT2D eigenvalue weighted by Crippen LogP contribution is 2.79. The molecule has 0 aromatic heterocycles. The predicted octanol–water partition coefficient (Wildman–Crippen LogP) is 5.65. The molecule has 1 fully saturated rings. The maximum atomic E-state index is 13.9. The van der Waals surface area contributed by atoms with Crippen LogP contribution in [0.5, 0.6) is 0 Å². The minimum atomic E-state index is -8.46. The SMILES string of the molecule is FC(F)(F)C(F)(F)C1(C(F)(C(F)(F)F)C(F)(F)F)OC1(C(F)(F)F)C(F)(F)F. The van der Waals surface area contributed by atoms with Crippen LogP contribution in [0.3, 0.4) is 0 Å². The van der Waals surface area contributed by atoms with Gasteiger partial charge in [0.2, 0.25) is 5.60 Å². The lowest BCUT2D eigenvalue weighted by Gasteiger charge is -2.40. The molecular weight excluding hydrogens is 466 g/mol. The molecule has 168 valence electrons. The topological polar surface area (TPSA) is 12.5 Å². The predicted molar refractivity (Wildman–Crippen MR) is 45.6 cm³/mol. The molecule has 1 atom stereocenters. The minimum Gasteiger partial charge on any atom is -0.334 e. The Balaban J connectivity index is 4.24. The molecule has 0 spiro atoms. The molecule has 0 aliphatic carbocycles. The molecule has 1 aliphatic heterocycles. The second-order valence-corrected chi connectivity index (χ2v) is 5.19. The normalized spacial score (nSPS) is 25.1. The lowest BCUT2D eigenvalue weighted by Crippen LogP contribution is -2.76. The van der Waals surface area contributed by atoms with Crippen molar-refractivity contribution >= 4 is 0 Å². The molecule has 1 aliphatic rings. The van der Waals surface area contributed by atoms with Crippen molar-refractivity contribution in [2.75, 3.05) is 0 Å². The third-order valence-electron chi connectivity index (χ3n) is 3.62. The molecule has 0 bridgehead atoms. The summed E-state index contributed by atoms with van der Waals surface area (Å²) in [5.41, 5.74) is -23.9. The van der Waals surface area contributed by atoms with Gasteiger partial charge in [0.25, 0.3) is 5.60 Å². The molecular formula is C9F18O. The summed E-state index contributed by atoms with van der Waals surface area (Å²) in [5.74, 6) is -8.29. The fraction of sp³-hybridized carbons (Fsp3) is 1.00. The zero-order valence-electron chi connectivity index (χ0n) is 11.7. The Kier molecular flexibility index (Phi) is 4.80. The van der Waals surface area contributed by atoms with E-state index in [-0.39, 0.29) is 0 Å². The van der Waals surface area contributed by atoms with E-state index in [9.17, 15) is 79.0 Å². The van der Waals surface area contributed by atoms with Crippen LogP contribution in [0.2, 0.25) is 0 Å². The van der Waals surface area contributed by atoms with E-state index in [0.717, 1.165) is 0 Å². The molecule has 1 rings (SSSR count). The van der Waals surface area contributed by atoms with Gasteiger partial charge in [0.05, 0.1) is 0 Å². The number of epoxide rings is 1. The average Bonchev–Trinajstić information content (AvgIpc) is 3.05. The summed E-state index contributed by atoms with van der Waals surface area (Å²) in [4.78, 5) is 0. The summed E-state index contributed by atoms with van der Waals surface area (Å²) >= 11 is 0. The van der Waals surface area contributed by atoms with Crippen LogP contribution in [0.1, 0.15) is 0 Å². The van der Waals surface area contributed by atoms with E-state index in [0.29, 0.717) is 0 Å². The maximum Gasteiger partial charge on any atom is 0.456 e. The van der Waals surface area contributed by atoms with Crippen molar-refractivity contribution in [2.24, 2.45) is 0 Å². The third-order valence-corrected chi connectivity index (χ3v) is 3.62. The first-order valence-corrected chi connectivity index (χ1v) is 5.81. The van der Waals surface area contributed by atoms with Crippen molar-refractivity contribution in [3.63, 3.8) is 0 Å². The van der Waals surface area contributed by atoms with E-state index in [1.807, 2.05) is 4.74 Å². The van der Waals surface area contributed by atoms with Gasteiger partial charge in [0.15, 0.2) is 0 Å². The number of alkyl halides is 18. The van der Waals surface area contributed by atoms with Crippen LogP contribution in [-0.2, 0) is 4.74 Å². The molecule has 0 amide bonds. The zero-order chi connectivity index (χ0) is 23.2. The molecule has 0 aromatic carbocycles. The van der Waals surface area contributed by atoms with E-state index >= 15 is 0 Å². The van der Waals surface area contributed by atoms with Crippen molar-refractivity contribution in [1.82, 2.24) is 0 Å². The third kappa shape index (κ3) is 2.49. The van der Waals surface area contributed by atoms with Crippen LogP contribution >= 0.6 is 0 Å². The Morgan fingerprint density at radius 2 is 0.679 bits per heavy atom. The van der Waals surface area contributed by atoms with Crippen LogP contribution in [0.4, 0.5) is 79.0 Å². The van der Waals surface area contributed by atoms with Crippen LogP contribution in [0.15, 0.2) is 0 Å². The molecule has 1 unspecified atom stereocenters. The molecule has 1 saturated heterocycles. The highest BCUT2D eigenvalue weighted by Gasteiger charge is 3.13. The van der Waals surface area contributed by atoms with Gasteiger partial charge in [-0.25, -0.2) is 4.39 Å². The van der Waals surface area contributed by atoms with E-state index in [2.05, 4.69) is 0 Å². The summed E-state index contributed by atoms with van der Waals surface area (Å²) in [6.45, 7) is 0. The van der Waals surface area contributed by atoms with Gasteiger partial charge in [-0.15, -0.1) is 0 Å². The van der Waals surface area contributed by atoms with Gasteiger partial charge in [-0.2, -0.15) is 74.6 Å². The van der Waals surface area contributed by atoms with Gasteiger partial charge in [-0.05, 0) is 0 Å².